The fraction of sp³-hybridized carbons (Fsp3) is 0.231. The first-order valence-electron chi connectivity index (χ1n) is 6.15. The first-order valence-corrected chi connectivity index (χ1v) is 7.03. The zero-order valence-electron chi connectivity index (χ0n) is 11.2. The minimum absolute atomic E-state index is 0.200. The van der Waals surface area contributed by atoms with E-state index in [0.717, 1.165) is 0 Å². The molecule has 7 nitrogen and oxygen atoms in total. The van der Waals surface area contributed by atoms with Crippen LogP contribution in [0.25, 0.3) is 0 Å². The lowest BCUT2D eigenvalue weighted by Gasteiger charge is -2.13. The number of aryl methyl sites for hydroxylation is 1. The lowest BCUT2D eigenvalue weighted by Crippen LogP contribution is -2.40. The van der Waals surface area contributed by atoms with Crippen molar-refractivity contribution in [1.29, 1.82) is 0 Å². The number of carbonyl (C=O) groups excluding carboxylic acids is 1. The number of amides is 2. The number of carboxylic acids is 1. The number of thiophene rings is 1. The Balaban J connectivity index is 1.92. The van der Waals surface area contributed by atoms with E-state index in [1.165, 1.54) is 11.3 Å². The van der Waals surface area contributed by atoms with Crippen molar-refractivity contribution >= 4 is 23.3 Å². The second-order valence-electron chi connectivity index (χ2n) is 4.21. The van der Waals surface area contributed by atoms with Gasteiger partial charge in [-0.25, -0.2) is 19.6 Å². The summed E-state index contributed by atoms with van der Waals surface area (Å²) in [5.41, 5.74) is 0.653. The van der Waals surface area contributed by atoms with E-state index in [-0.39, 0.29) is 6.54 Å². The fourth-order valence-electron chi connectivity index (χ4n) is 1.67. The molecule has 21 heavy (non-hydrogen) atoms. The van der Waals surface area contributed by atoms with Gasteiger partial charge in [-0.2, -0.15) is 0 Å². The van der Waals surface area contributed by atoms with Crippen LogP contribution in [0.3, 0.4) is 0 Å². The van der Waals surface area contributed by atoms with Crippen LogP contribution in [0.4, 0.5) is 4.79 Å². The zero-order valence-corrected chi connectivity index (χ0v) is 12.1. The zero-order chi connectivity index (χ0) is 15.2. The summed E-state index contributed by atoms with van der Waals surface area (Å²) in [5.74, 6) is -0.498. The SMILES string of the molecule is Cc1nccc(CNC(=O)NC(C(=O)O)c2cccs2)n1. The van der Waals surface area contributed by atoms with Crippen LogP contribution in [0, 0.1) is 6.92 Å². The Kier molecular flexibility index (Phi) is 4.83. The van der Waals surface area contributed by atoms with Gasteiger partial charge in [0.1, 0.15) is 5.82 Å². The monoisotopic (exact) mass is 306 g/mol. The summed E-state index contributed by atoms with van der Waals surface area (Å²) < 4.78 is 0. The molecular formula is C13H14N4O3S. The van der Waals surface area contributed by atoms with Crippen molar-refractivity contribution in [3.05, 3.63) is 46.2 Å². The molecule has 0 fully saturated rings. The molecule has 0 aliphatic carbocycles. The molecule has 1 atom stereocenters. The molecule has 8 heteroatoms. The average Bonchev–Trinajstić information content (AvgIpc) is 2.96. The van der Waals surface area contributed by atoms with Gasteiger partial charge >= 0.3 is 12.0 Å². The number of carbonyl (C=O) groups is 2. The second-order valence-corrected chi connectivity index (χ2v) is 5.19. The van der Waals surface area contributed by atoms with Crippen molar-refractivity contribution in [2.75, 3.05) is 0 Å². The third-order valence-electron chi connectivity index (χ3n) is 2.61. The number of hydrogen-bond donors (Lipinski definition) is 3. The molecule has 2 rings (SSSR count). The Morgan fingerprint density at radius 2 is 2.24 bits per heavy atom. The summed E-state index contributed by atoms with van der Waals surface area (Å²) in [6.45, 7) is 1.95. The highest BCUT2D eigenvalue weighted by Gasteiger charge is 2.22. The number of carboxylic acid groups (broad SMARTS) is 1. The first kappa shape index (κ1) is 14.9. The molecule has 1 unspecified atom stereocenters. The molecule has 2 heterocycles. The van der Waals surface area contributed by atoms with Gasteiger partial charge in [-0.3, -0.25) is 0 Å². The molecule has 2 aromatic heterocycles. The highest BCUT2D eigenvalue weighted by Crippen LogP contribution is 2.18. The van der Waals surface area contributed by atoms with Gasteiger partial charge in [0.15, 0.2) is 6.04 Å². The van der Waals surface area contributed by atoms with Crippen molar-refractivity contribution in [3.63, 3.8) is 0 Å². The molecule has 0 saturated heterocycles. The summed E-state index contributed by atoms with van der Waals surface area (Å²) in [6, 6.07) is 3.46. The highest BCUT2D eigenvalue weighted by atomic mass is 32.1. The van der Waals surface area contributed by atoms with Crippen molar-refractivity contribution in [2.24, 2.45) is 0 Å². The van der Waals surface area contributed by atoms with Gasteiger partial charge in [-0.1, -0.05) is 6.07 Å². The summed E-state index contributed by atoms with van der Waals surface area (Å²) >= 11 is 1.27. The molecule has 2 amide bonds. The first-order chi connectivity index (χ1) is 10.1. The second kappa shape index (κ2) is 6.80. The highest BCUT2D eigenvalue weighted by molar-refractivity contribution is 7.10. The van der Waals surface area contributed by atoms with Crippen molar-refractivity contribution < 1.29 is 14.7 Å². The number of urea groups is 1. The molecule has 0 aromatic carbocycles. The molecule has 110 valence electrons. The molecular weight excluding hydrogens is 292 g/mol. The Labute approximate surface area is 125 Å². The molecule has 2 aromatic rings. The number of rotatable bonds is 5. The third-order valence-corrected chi connectivity index (χ3v) is 3.55. The van der Waals surface area contributed by atoms with Crippen LogP contribution in [0.15, 0.2) is 29.8 Å². The Hall–Kier alpha value is -2.48. The number of hydrogen-bond acceptors (Lipinski definition) is 5. The van der Waals surface area contributed by atoms with Crippen LogP contribution in [-0.4, -0.2) is 27.1 Å². The lowest BCUT2D eigenvalue weighted by molar-refractivity contribution is -0.139. The summed E-state index contributed by atoms with van der Waals surface area (Å²) in [7, 11) is 0. The largest absolute Gasteiger partial charge is 0.479 e. The van der Waals surface area contributed by atoms with E-state index in [0.29, 0.717) is 16.4 Å². The van der Waals surface area contributed by atoms with Crippen LogP contribution in [0.1, 0.15) is 22.4 Å². The van der Waals surface area contributed by atoms with Gasteiger partial charge in [0.05, 0.1) is 12.2 Å². The smallest absolute Gasteiger partial charge is 0.331 e. The normalized spacial score (nSPS) is 11.7. The van der Waals surface area contributed by atoms with Crippen LogP contribution >= 0.6 is 11.3 Å². The quantitative estimate of drug-likeness (QED) is 0.776. The van der Waals surface area contributed by atoms with Gasteiger partial charge in [0, 0.05) is 11.1 Å². The van der Waals surface area contributed by atoms with Crippen molar-refractivity contribution in [1.82, 2.24) is 20.6 Å². The summed E-state index contributed by atoms with van der Waals surface area (Å²) in [4.78, 5) is 31.6. The summed E-state index contributed by atoms with van der Waals surface area (Å²) in [6.07, 6.45) is 1.60. The molecule has 0 radical (unpaired) electrons. The summed E-state index contributed by atoms with van der Waals surface area (Å²) in [5, 5.41) is 15.9. The van der Waals surface area contributed by atoms with Crippen LogP contribution in [0.5, 0.6) is 0 Å². The maximum Gasteiger partial charge on any atom is 0.331 e. The molecule has 0 aliphatic heterocycles. The maximum atomic E-state index is 11.8. The van der Waals surface area contributed by atoms with Gasteiger partial charge in [-0.15, -0.1) is 11.3 Å². The maximum absolute atomic E-state index is 11.8. The van der Waals surface area contributed by atoms with Gasteiger partial charge in [0.25, 0.3) is 0 Å². The fourth-order valence-corrected chi connectivity index (χ4v) is 2.43. The third kappa shape index (κ3) is 4.25. The molecule has 0 bridgehead atoms. The predicted octanol–water partition coefficient (Wildman–Crippen LogP) is 1.47. The number of nitrogens with zero attached hydrogens (tertiary/aromatic N) is 2. The Bertz CT molecular complexity index is 630. The standard InChI is InChI=1S/C13H14N4O3S/c1-8-14-5-4-9(16-8)7-15-13(20)17-11(12(18)19)10-3-2-6-21-10/h2-6,11H,7H2,1H3,(H,18,19)(H2,15,17,20). The topological polar surface area (TPSA) is 104 Å². The Morgan fingerprint density at radius 1 is 1.43 bits per heavy atom. The number of aliphatic carboxylic acids is 1. The van der Waals surface area contributed by atoms with Gasteiger partial charge < -0.3 is 15.7 Å². The molecule has 3 N–H and O–H groups in total. The van der Waals surface area contributed by atoms with E-state index in [1.54, 1.807) is 36.7 Å². The van der Waals surface area contributed by atoms with E-state index in [2.05, 4.69) is 20.6 Å². The minimum atomic E-state index is -1.11. The van der Waals surface area contributed by atoms with E-state index in [1.807, 2.05) is 0 Å². The molecule has 0 saturated carbocycles. The van der Waals surface area contributed by atoms with Gasteiger partial charge in [0.2, 0.25) is 0 Å². The minimum Gasteiger partial charge on any atom is -0.479 e. The van der Waals surface area contributed by atoms with E-state index in [4.69, 9.17) is 5.11 Å². The van der Waals surface area contributed by atoms with Crippen LogP contribution in [0.2, 0.25) is 0 Å². The van der Waals surface area contributed by atoms with E-state index < -0.39 is 18.0 Å². The van der Waals surface area contributed by atoms with Crippen molar-refractivity contribution in [3.8, 4) is 0 Å². The average molecular weight is 306 g/mol. The van der Waals surface area contributed by atoms with Gasteiger partial charge in [-0.05, 0) is 24.4 Å². The molecule has 0 aliphatic rings. The molecule has 0 spiro atoms. The van der Waals surface area contributed by atoms with E-state index in [9.17, 15) is 9.59 Å². The number of nitrogens with one attached hydrogen (secondary N) is 2. The lowest BCUT2D eigenvalue weighted by atomic mass is 10.2. The van der Waals surface area contributed by atoms with Crippen LogP contribution in [-0.2, 0) is 11.3 Å². The van der Waals surface area contributed by atoms with Crippen LogP contribution < -0.4 is 10.6 Å². The van der Waals surface area contributed by atoms with E-state index >= 15 is 0 Å². The van der Waals surface area contributed by atoms with Crippen molar-refractivity contribution in [2.45, 2.75) is 19.5 Å². The predicted molar refractivity (Wildman–Crippen MR) is 76.8 cm³/mol. The number of aromatic nitrogens is 2. The Morgan fingerprint density at radius 3 is 2.86 bits per heavy atom.